The average Bonchev–Trinajstić information content (AvgIpc) is 2.94. The molecule has 2 rings (SSSR count). The van der Waals surface area contributed by atoms with Crippen LogP contribution in [0, 0.1) is 5.92 Å². The molecular weight excluding hydrogens is 178 g/mol. The second-order valence-electron chi connectivity index (χ2n) is 3.95. The molecular formula is C10H15N3O. The summed E-state index contributed by atoms with van der Waals surface area (Å²) in [7, 11) is 1.66. The molecule has 1 aromatic heterocycles. The molecule has 0 saturated heterocycles. The molecule has 0 bridgehead atoms. The van der Waals surface area contributed by atoms with Crippen LogP contribution in [-0.4, -0.2) is 15.8 Å². The van der Waals surface area contributed by atoms with Gasteiger partial charge in [0.2, 0.25) is 0 Å². The number of nitrogens with one attached hydrogen (secondary N) is 1. The number of aryl methyl sites for hydroxylation is 1. The standard InChI is InChI=1S/C10H15N3O/c1-7(8-3-4-8)11-9-5-6-10(14)13(2)12-9/h5-8H,3-4H2,1-2H3,(H,11,12). The molecule has 1 saturated carbocycles. The maximum Gasteiger partial charge on any atom is 0.266 e. The third-order valence-electron chi connectivity index (χ3n) is 2.67. The van der Waals surface area contributed by atoms with Crippen LogP contribution < -0.4 is 10.9 Å². The van der Waals surface area contributed by atoms with Gasteiger partial charge in [-0.15, -0.1) is 0 Å². The van der Waals surface area contributed by atoms with Crippen molar-refractivity contribution in [3.63, 3.8) is 0 Å². The fraction of sp³-hybridized carbons (Fsp3) is 0.600. The van der Waals surface area contributed by atoms with Crippen LogP contribution in [0.15, 0.2) is 16.9 Å². The van der Waals surface area contributed by atoms with Gasteiger partial charge in [-0.3, -0.25) is 4.79 Å². The number of nitrogens with zero attached hydrogens (tertiary/aromatic N) is 2. The van der Waals surface area contributed by atoms with Crippen LogP contribution >= 0.6 is 0 Å². The monoisotopic (exact) mass is 193 g/mol. The van der Waals surface area contributed by atoms with E-state index in [1.165, 1.54) is 23.6 Å². The van der Waals surface area contributed by atoms with Gasteiger partial charge < -0.3 is 5.32 Å². The van der Waals surface area contributed by atoms with Gasteiger partial charge in [0.15, 0.2) is 0 Å². The smallest absolute Gasteiger partial charge is 0.266 e. The summed E-state index contributed by atoms with van der Waals surface area (Å²) >= 11 is 0. The van der Waals surface area contributed by atoms with Crippen LogP contribution in [0.4, 0.5) is 5.82 Å². The topological polar surface area (TPSA) is 46.9 Å². The summed E-state index contributed by atoms with van der Waals surface area (Å²) < 4.78 is 1.35. The third kappa shape index (κ3) is 1.95. The Morgan fingerprint density at radius 2 is 2.29 bits per heavy atom. The van der Waals surface area contributed by atoms with Gasteiger partial charge in [-0.25, -0.2) is 4.68 Å². The molecule has 14 heavy (non-hydrogen) atoms. The molecule has 0 amide bonds. The summed E-state index contributed by atoms with van der Waals surface area (Å²) in [6, 6.07) is 3.73. The van der Waals surface area contributed by atoms with E-state index in [1.54, 1.807) is 13.1 Å². The lowest BCUT2D eigenvalue weighted by Crippen LogP contribution is -2.23. The molecule has 4 nitrogen and oxygen atoms in total. The highest BCUT2D eigenvalue weighted by Crippen LogP contribution is 2.33. The normalized spacial score (nSPS) is 17.9. The Hall–Kier alpha value is -1.32. The third-order valence-corrected chi connectivity index (χ3v) is 2.67. The van der Waals surface area contributed by atoms with Crippen LogP contribution in [0.25, 0.3) is 0 Å². The molecule has 76 valence electrons. The van der Waals surface area contributed by atoms with E-state index in [-0.39, 0.29) is 5.56 Å². The molecule has 0 radical (unpaired) electrons. The first-order valence-corrected chi connectivity index (χ1v) is 4.98. The van der Waals surface area contributed by atoms with Crippen molar-refractivity contribution in [1.82, 2.24) is 9.78 Å². The Morgan fingerprint density at radius 3 is 2.86 bits per heavy atom. The van der Waals surface area contributed by atoms with Crippen LogP contribution in [0.2, 0.25) is 0 Å². The van der Waals surface area contributed by atoms with Crippen molar-refractivity contribution in [2.45, 2.75) is 25.8 Å². The van der Waals surface area contributed by atoms with Crippen molar-refractivity contribution in [2.75, 3.05) is 5.32 Å². The minimum Gasteiger partial charge on any atom is -0.366 e. The first-order valence-electron chi connectivity index (χ1n) is 4.98. The quantitative estimate of drug-likeness (QED) is 0.778. The summed E-state index contributed by atoms with van der Waals surface area (Å²) in [6.07, 6.45) is 2.61. The van der Waals surface area contributed by atoms with Crippen LogP contribution in [0.1, 0.15) is 19.8 Å². The lowest BCUT2D eigenvalue weighted by Gasteiger charge is -2.13. The number of hydrogen-bond donors (Lipinski definition) is 1. The van der Waals surface area contributed by atoms with Crippen molar-refractivity contribution in [1.29, 1.82) is 0 Å². The van der Waals surface area contributed by atoms with E-state index < -0.39 is 0 Å². The SMILES string of the molecule is CC(Nc1ccc(=O)n(C)n1)C1CC1. The largest absolute Gasteiger partial charge is 0.366 e. The van der Waals surface area contributed by atoms with Gasteiger partial charge >= 0.3 is 0 Å². The molecule has 1 fully saturated rings. The number of hydrogen-bond acceptors (Lipinski definition) is 3. The summed E-state index contributed by atoms with van der Waals surface area (Å²) in [5.41, 5.74) is -0.0744. The van der Waals surface area contributed by atoms with Gasteiger partial charge in [-0.05, 0) is 31.7 Å². The second kappa shape index (κ2) is 3.44. The Labute approximate surface area is 82.9 Å². The van der Waals surface area contributed by atoms with E-state index in [9.17, 15) is 4.79 Å². The molecule has 0 aliphatic heterocycles. The first kappa shape index (κ1) is 9.24. The number of aromatic nitrogens is 2. The Morgan fingerprint density at radius 1 is 1.57 bits per heavy atom. The van der Waals surface area contributed by atoms with Crippen molar-refractivity contribution < 1.29 is 0 Å². The number of rotatable bonds is 3. The van der Waals surface area contributed by atoms with E-state index in [0.29, 0.717) is 6.04 Å². The van der Waals surface area contributed by atoms with Crippen LogP contribution in [0.5, 0.6) is 0 Å². The molecule has 1 aromatic rings. The van der Waals surface area contributed by atoms with Crippen LogP contribution in [0.3, 0.4) is 0 Å². The van der Waals surface area contributed by atoms with Crippen molar-refractivity contribution >= 4 is 5.82 Å². The van der Waals surface area contributed by atoms with Crippen molar-refractivity contribution in [3.05, 3.63) is 22.5 Å². The molecule has 0 spiro atoms. The maximum absolute atomic E-state index is 11.1. The van der Waals surface area contributed by atoms with Gasteiger partial charge in [0.25, 0.3) is 5.56 Å². The predicted molar refractivity (Wildman–Crippen MR) is 55.3 cm³/mol. The fourth-order valence-corrected chi connectivity index (χ4v) is 1.53. The molecule has 1 atom stereocenters. The van der Waals surface area contributed by atoms with Gasteiger partial charge in [-0.2, -0.15) is 5.10 Å². The summed E-state index contributed by atoms with van der Waals surface area (Å²) in [5, 5.41) is 7.42. The van der Waals surface area contributed by atoms with Crippen molar-refractivity contribution in [3.8, 4) is 0 Å². The summed E-state index contributed by atoms with van der Waals surface area (Å²) in [4.78, 5) is 11.1. The van der Waals surface area contributed by atoms with E-state index in [2.05, 4.69) is 17.3 Å². The highest BCUT2D eigenvalue weighted by Gasteiger charge is 2.27. The number of anilines is 1. The lowest BCUT2D eigenvalue weighted by molar-refractivity contribution is 0.665. The maximum atomic E-state index is 11.1. The lowest BCUT2D eigenvalue weighted by atomic mass is 10.2. The first-order chi connectivity index (χ1) is 6.66. The highest BCUT2D eigenvalue weighted by atomic mass is 16.1. The zero-order valence-corrected chi connectivity index (χ0v) is 8.53. The molecule has 1 N–H and O–H groups in total. The van der Waals surface area contributed by atoms with E-state index in [0.717, 1.165) is 11.7 Å². The predicted octanol–water partition coefficient (Wildman–Crippen LogP) is 0.991. The van der Waals surface area contributed by atoms with Gasteiger partial charge in [0, 0.05) is 19.2 Å². The van der Waals surface area contributed by atoms with Crippen LogP contribution in [-0.2, 0) is 7.05 Å². The molecule has 0 aromatic carbocycles. The molecule has 4 heteroatoms. The molecule has 1 aliphatic rings. The van der Waals surface area contributed by atoms with E-state index >= 15 is 0 Å². The molecule has 1 unspecified atom stereocenters. The van der Waals surface area contributed by atoms with Gasteiger partial charge in [0.05, 0.1) is 0 Å². The Bertz CT molecular complexity index is 381. The molecule has 1 heterocycles. The van der Waals surface area contributed by atoms with Gasteiger partial charge in [0.1, 0.15) is 5.82 Å². The van der Waals surface area contributed by atoms with Crippen molar-refractivity contribution in [2.24, 2.45) is 13.0 Å². The van der Waals surface area contributed by atoms with Gasteiger partial charge in [-0.1, -0.05) is 0 Å². The van der Waals surface area contributed by atoms with E-state index in [1.807, 2.05) is 0 Å². The zero-order valence-electron chi connectivity index (χ0n) is 8.53. The average molecular weight is 193 g/mol. The fourth-order valence-electron chi connectivity index (χ4n) is 1.53. The summed E-state index contributed by atoms with van der Waals surface area (Å²) in [6.45, 7) is 2.16. The minimum atomic E-state index is -0.0744. The molecule has 1 aliphatic carbocycles. The minimum absolute atomic E-state index is 0.0744. The highest BCUT2D eigenvalue weighted by molar-refractivity contribution is 5.33. The second-order valence-corrected chi connectivity index (χ2v) is 3.95. The Balaban J connectivity index is 2.08. The summed E-state index contributed by atoms with van der Waals surface area (Å²) in [5.74, 6) is 1.57. The Kier molecular flexibility index (Phi) is 2.27. The zero-order chi connectivity index (χ0) is 10.1. The van der Waals surface area contributed by atoms with E-state index in [4.69, 9.17) is 0 Å².